The molecule has 0 spiro atoms. The van der Waals surface area contributed by atoms with Gasteiger partial charge in [0.25, 0.3) is 0 Å². The van der Waals surface area contributed by atoms with Gasteiger partial charge >= 0.3 is 6.18 Å². The topological polar surface area (TPSA) is 86.8 Å². The van der Waals surface area contributed by atoms with Crippen LogP contribution >= 0.6 is 23.2 Å². The first-order valence-corrected chi connectivity index (χ1v) is 14.5. The van der Waals surface area contributed by atoms with Crippen LogP contribution in [0.15, 0.2) is 42.5 Å². The number of hydrogen-bond donors (Lipinski definition) is 1. The van der Waals surface area contributed by atoms with Gasteiger partial charge in [-0.05, 0) is 55.7 Å². The fraction of sp³-hybridized carbons (Fsp3) is 0.440. The summed E-state index contributed by atoms with van der Waals surface area (Å²) >= 11 is 11.8. The number of sulfonamides is 1. The lowest BCUT2D eigenvalue weighted by atomic mass is 10.1. The number of amides is 2. The van der Waals surface area contributed by atoms with E-state index in [9.17, 15) is 31.2 Å². The normalized spacial score (nSPS) is 15.2. The van der Waals surface area contributed by atoms with Crippen LogP contribution in [0.2, 0.25) is 10.0 Å². The quantitative estimate of drug-likeness (QED) is 0.430. The van der Waals surface area contributed by atoms with Gasteiger partial charge in [-0.1, -0.05) is 48.2 Å². The van der Waals surface area contributed by atoms with Crippen molar-refractivity contribution in [3.63, 3.8) is 0 Å². The van der Waals surface area contributed by atoms with E-state index >= 15 is 0 Å². The number of benzene rings is 2. The number of alkyl halides is 3. The number of carbonyl (C=O) groups excluding carboxylic acids is 2. The number of nitrogens with one attached hydrogen (secondary N) is 1. The standard InChI is InChI=1S/C25H28Cl2F3N3O4S/c1-16(24(35)31-19-8-3-4-9-19)32(14-17-6-5-7-18(26)12-17)23(34)15-33(38(2,36)37)20-10-11-22(27)21(13-20)25(28,29)30/h5-7,10-13,16,19H,3-4,8-9,14-15H2,1-2H3,(H,31,35). The summed E-state index contributed by atoms with van der Waals surface area (Å²) in [5.41, 5.74) is -1.04. The van der Waals surface area contributed by atoms with E-state index in [4.69, 9.17) is 23.2 Å². The van der Waals surface area contributed by atoms with Crippen LogP contribution in [0.5, 0.6) is 0 Å². The van der Waals surface area contributed by atoms with Gasteiger partial charge in [-0.2, -0.15) is 13.2 Å². The Morgan fingerprint density at radius 1 is 1.11 bits per heavy atom. The number of rotatable bonds is 9. The Hall–Kier alpha value is -2.50. The van der Waals surface area contributed by atoms with Crippen molar-refractivity contribution in [3.8, 4) is 0 Å². The molecular formula is C25H28Cl2F3N3O4S. The fourth-order valence-electron chi connectivity index (χ4n) is 4.31. The van der Waals surface area contributed by atoms with Crippen molar-refractivity contribution in [2.45, 2.75) is 57.4 Å². The number of nitrogens with zero attached hydrogens (tertiary/aromatic N) is 2. The molecule has 7 nitrogen and oxygen atoms in total. The monoisotopic (exact) mass is 593 g/mol. The molecule has 0 saturated heterocycles. The molecule has 0 radical (unpaired) electrons. The van der Waals surface area contributed by atoms with E-state index in [0.717, 1.165) is 44.1 Å². The zero-order chi connectivity index (χ0) is 28.3. The Morgan fingerprint density at radius 3 is 2.34 bits per heavy atom. The molecule has 0 aromatic heterocycles. The van der Waals surface area contributed by atoms with Gasteiger partial charge in [0.15, 0.2) is 0 Å². The lowest BCUT2D eigenvalue weighted by Gasteiger charge is -2.32. The van der Waals surface area contributed by atoms with Crippen LogP contribution in [0.1, 0.15) is 43.7 Å². The summed E-state index contributed by atoms with van der Waals surface area (Å²) in [6, 6.07) is 8.16. The van der Waals surface area contributed by atoms with Crippen LogP contribution in [0.3, 0.4) is 0 Å². The second kappa shape index (κ2) is 12.1. The van der Waals surface area contributed by atoms with Crippen LogP contribution in [-0.2, 0) is 32.3 Å². The molecular weight excluding hydrogens is 566 g/mol. The number of anilines is 1. The second-order valence-corrected chi connectivity index (χ2v) is 12.0. The van der Waals surface area contributed by atoms with Crippen molar-refractivity contribution in [2.75, 3.05) is 17.1 Å². The maximum Gasteiger partial charge on any atom is 0.417 e. The van der Waals surface area contributed by atoms with E-state index in [1.54, 1.807) is 24.3 Å². The van der Waals surface area contributed by atoms with E-state index in [2.05, 4.69) is 5.32 Å². The highest BCUT2D eigenvalue weighted by molar-refractivity contribution is 7.92. The van der Waals surface area contributed by atoms with Gasteiger partial charge < -0.3 is 10.2 Å². The van der Waals surface area contributed by atoms with E-state index in [1.807, 2.05) is 0 Å². The fourth-order valence-corrected chi connectivity index (χ4v) is 5.58. The number of hydrogen-bond acceptors (Lipinski definition) is 4. The van der Waals surface area contributed by atoms with Crippen LogP contribution in [0.25, 0.3) is 0 Å². The lowest BCUT2D eigenvalue weighted by Crippen LogP contribution is -2.52. The largest absolute Gasteiger partial charge is 0.417 e. The molecule has 38 heavy (non-hydrogen) atoms. The molecule has 2 amide bonds. The molecule has 1 aliphatic carbocycles. The van der Waals surface area contributed by atoms with Crippen molar-refractivity contribution >= 4 is 50.7 Å². The first-order chi connectivity index (χ1) is 17.7. The molecule has 1 aliphatic rings. The minimum atomic E-state index is -4.84. The summed E-state index contributed by atoms with van der Waals surface area (Å²) in [6.45, 7) is 0.603. The van der Waals surface area contributed by atoms with E-state index in [-0.39, 0.29) is 18.3 Å². The molecule has 0 bridgehead atoms. The predicted octanol–water partition coefficient (Wildman–Crippen LogP) is 5.25. The van der Waals surface area contributed by atoms with E-state index < -0.39 is 51.2 Å². The van der Waals surface area contributed by atoms with Crippen molar-refractivity contribution < 1.29 is 31.2 Å². The highest BCUT2D eigenvalue weighted by Crippen LogP contribution is 2.37. The molecule has 208 valence electrons. The van der Waals surface area contributed by atoms with Crippen LogP contribution in [0.4, 0.5) is 18.9 Å². The summed E-state index contributed by atoms with van der Waals surface area (Å²) in [4.78, 5) is 27.8. The molecule has 0 heterocycles. The highest BCUT2D eigenvalue weighted by atomic mass is 35.5. The van der Waals surface area contributed by atoms with E-state index in [0.29, 0.717) is 21.0 Å². The van der Waals surface area contributed by atoms with Gasteiger partial charge in [0.1, 0.15) is 12.6 Å². The van der Waals surface area contributed by atoms with Crippen LogP contribution in [0, 0.1) is 0 Å². The van der Waals surface area contributed by atoms with Gasteiger partial charge in [0.2, 0.25) is 21.8 Å². The minimum absolute atomic E-state index is 0.0181. The molecule has 13 heteroatoms. The third-order valence-corrected chi connectivity index (χ3v) is 8.04. The third kappa shape index (κ3) is 7.77. The molecule has 1 atom stereocenters. The van der Waals surface area contributed by atoms with Gasteiger partial charge in [-0.15, -0.1) is 0 Å². The smallest absolute Gasteiger partial charge is 0.352 e. The molecule has 3 rings (SSSR count). The summed E-state index contributed by atoms with van der Waals surface area (Å²) in [5.74, 6) is -1.20. The zero-order valence-electron chi connectivity index (χ0n) is 20.8. The lowest BCUT2D eigenvalue weighted by molar-refractivity contribution is -0.139. The Morgan fingerprint density at radius 2 is 1.76 bits per heavy atom. The maximum absolute atomic E-state index is 13.6. The second-order valence-electron chi connectivity index (χ2n) is 9.25. The average Bonchev–Trinajstić information content (AvgIpc) is 3.32. The average molecular weight is 594 g/mol. The summed E-state index contributed by atoms with van der Waals surface area (Å²) in [7, 11) is -4.21. The van der Waals surface area contributed by atoms with Crippen molar-refractivity contribution in [3.05, 3.63) is 63.6 Å². The van der Waals surface area contributed by atoms with E-state index in [1.165, 1.54) is 11.8 Å². The highest BCUT2D eigenvalue weighted by Gasteiger charge is 2.36. The van der Waals surface area contributed by atoms with Gasteiger partial charge in [-0.3, -0.25) is 13.9 Å². The first-order valence-electron chi connectivity index (χ1n) is 11.9. The molecule has 1 saturated carbocycles. The minimum Gasteiger partial charge on any atom is -0.352 e. The van der Waals surface area contributed by atoms with Crippen molar-refractivity contribution in [1.82, 2.24) is 10.2 Å². The van der Waals surface area contributed by atoms with Gasteiger partial charge in [0, 0.05) is 17.6 Å². The first kappa shape index (κ1) is 30.0. The number of carbonyl (C=O) groups is 2. The molecule has 1 N–H and O–H groups in total. The molecule has 1 unspecified atom stereocenters. The summed E-state index contributed by atoms with van der Waals surface area (Å²) in [5, 5.41) is 2.72. The third-order valence-electron chi connectivity index (χ3n) is 6.33. The maximum atomic E-state index is 13.6. The zero-order valence-corrected chi connectivity index (χ0v) is 23.1. The van der Waals surface area contributed by atoms with Crippen LogP contribution in [-0.4, -0.2) is 50.0 Å². The molecule has 0 aliphatic heterocycles. The Bertz CT molecular complexity index is 1280. The number of halogens is 5. The molecule has 1 fully saturated rings. The molecule has 2 aromatic carbocycles. The van der Waals surface area contributed by atoms with Crippen LogP contribution < -0.4 is 9.62 Å². The SMILES string of the molecule is CC(C(=O)NC1CCCC1)N(Cc1cccc(Cl)c1)C(=O)CN(c1ccc(Cl)c(C(F)(F)F)c1)S(C)(=O)=O. The van der Waals surface area contributed by atoms with Crippen molar-refractivity contribution in [1.29, 1.82) is 0 Å². The Labute approximate surface area is 229 Å². The predicted molar refractivity (Wildman–Crippen MR) is 141 cm³/mol. The van der Waals surface area contributed by atoms with Crippen molar-refractivity contribution in [2.24, 2.45) is 0 Å². The molecule has 2 aromatic rings. The Balaban J connectivity index is 1.94. The summed E-state index contributed by atoms with van der Waals surface area (Å²) in [6.07, 6.45) is -0.462. The van der Waals surface area contributed by atoms with Gasteiger partial charge in [-0.25, -0.2) is 8.42 Å². The van der Waals surface area contributed by atoms with Gasteiger partial charge in [0.05, 0.1) is 22.5 Å². The summed E-state index contributed by atoms with van der Waals surface area (Å²) < 4.78 is 66.1. The Kier molecular flexibility index (Phi) is 9.59.